The smallest absolute Gasteiger partial charge is 0.0900 e. The Kier molecular flexibility index (Phi) is 10.5. The molecule has 1 atom stereocenters. The zero-order chi connectivity index (χ0) is 15.5. The lowest BCUT2D eigenvalue weighted by molar-refractivity contribution is -0.124. The van der Waals surface area contributed by atoms with Gasteiger partial charge >= 0.3 is 0 Å². The molecule has 0 aliphatic carbocycles. The molecule has 0 aliphatic heterocycles. The van der Waals surface area contributed by atoms with Crippen LogP contribution in [0.2, 0.25) is 0 Å². The molecule has 122 valence electrons. The van der Waals surface area contributed by atoms with Crippen molar-refractivity contribution in [2.45, 2.75) is 103 Å². The van der Waals surface area contributed by atoms with Crippen molar-refractivity contribution < 1.29 is 15.3 Å². The van der Waals surface area contributed by atoms with E-state index in [1.807, 2.05) is 0 Å². The van der Waals surface area contributed by atoms with Crippen LogP contribution in [0.5, 0.6) is 0 Å². The quantitative estimate of drug-likeness (QED) is 0.452. The van der Waals surface area contributed by atoms with Gasteiger partial charge in [0.1, 0.15) is 0 Å². The first kappa shape index (κ1) is 19.9. The Morgan fingerprint density at radius 2 is 0.950 bits per heavy atom. The standard InChI is InChI=1S/C17H36O3/c1-16(2,19)17(3,20)14-12-10-8-6-4-5-7-9-11-13-15-18/h18-20H,4-15H2,1-3H3. The van der Waals surface area contributed by atoms with Gasteiger partial charge in [0.05, 0.1) is 11.2 Å². The lowest BCUT2D eigenvalue weighted by Crippen LogP contribution is -2.47. The number of rotatable bonds is 13. The van der Waals surface area contributed by atoms with Crippen molar-refractivity contribution >= 4 is 0 Å². The number of hydrogen-bond acceptors (Lipinski definition) is 3. The molecule has 0 aliphatic rings. The van der Waals surface area contributed by atoms with Gasteiger partial charge < -0.3 is 15.3 Å². The van der Waals surface area contributed by atoms with Crippen molar-refractivity contribution in [2.24, 2.45) is 0 Å². The minimum atomic E-state index is -1.03. The number of unbranched alkanes of at least 4 members (excludes halogenated alkanes) is 9. The third kappa shape index (κ3) is 9.73. The lowest BCUT2D eigenvalue weighted by Gasteiger charge is -2.35. The van der Waals surface area contributed by atoms with Crippen molar-refractivity contribution in [2.75, 3.05) is 6.61 Å². The summed E-state index contributed by atoms with van der Waals surface area (Å²) in [6.07, 6.45) is 12.5. The number of aliphatic hydroxyl groups is 3. The highest BCUT2D eigenvalue weighted by molar-refractivity contribution is 4.89. The van der Waals surface area contributed by atoms with Gasteiger partial charge in [-0.25, -0.2) is 0 Å². The molecule has 0 aromatic rings. The van der Waals surface area contributed by atoms with Crippen LogP contribution in [0.1, 0.15) is 91.4 Å². The molecule has 0 spiro atoms. The van der Waals surface area contributed by atoms with Crippen LogP contribution in [-0.2, 0) is 0 Å². The van der Waals surface area contributed by atoms with E-state index in [-0.39, 0.29) is 0 Å². The maximum Gasteiger partial charge on any atom is 0.0900 e. The van der Waals surface area contributed by atoms with Crippen molar-refractivity contribution in [3.63, 3.8) is 0 Å². The van der Waals surface area contributed by atoms with E-state index in [9.17, 15) is 10.2 Å². The maximum atomic E-state index is 10.1. The van der Waals surface area contributed by atoms with E-state index in [1.54, 1.807) is 20.8 Å². The summed E-state index contributed by atoms with van der Waals surface area (Å²) in [7, 11) is 0. The number of aliphatic hydroxyl groups excluding tert-OH is 1. The average Bonchev–Trinajstić information content (AvgIpc) is 2.34. The van der Waals surface area contributed by atoms with Gasteiger partial charge in [-0.1, -0.05) is 57.8 Å². The van der Waals surface area contributed by atoms with Crippen molar-refractivity contribution in [3.05, 3.63) is 0 Å². The van der Waals surface area contributed by atoms with Gasteiger partial charge in [0.15, 0.2) is 0 Å². The summed E-state index contributed by atoms with van der Waals surface area (Å²) in [6.45, 7) is 5.39. The first-order valence-corrected chi connectivity index (χ1v) is 8.37. The van der Waals surface area contributed by atoms with E-state index in [1.165, 1.54) is 38.5 Å². The van der Waals surface area contributed by atoms with E-state index in [2.05, 4.69) is 0 Å². The molecular formula is C17H36O3. The van der Waals surface area contributed by atoms with Gasteiger partial charge in [0.2, 0.25) is 0 Å². The Morgan fingerprint density at radius 1 is 0.600 bits per heavy atom. The highest BCUT2D eigenvalue weighted by Gasteiger charge is 2.36. The second-order valence-corrected chi connectivity index (χ2v) is 6.84. The third-order valence-corrected chi connectivity index (χ3v) is 4.39. The molecule has 0 saturated carbocycles. The molecule has 0 rings (SSSR count). The largest absolute Gasteiger partial charge is 0.396 e. The zero-order valence-electron chi connectivity index (χ0n) is 13.8. The van der Waals surface area contributed by atoms with Crippen LogP contribution in [-0.4, -0.2) is 33.1 Å². The summed E-state index contributed by atoms with van der Waals surface area (Å²) in [5, 5.41) is 28.6. The Hall–Kier alpha value is -0.120. The van der Waals surface area contributed by atoms with E-state index >= 15 is 0 Å². The van der Waals surface area contributed by atoms with Crippen molar-refractivity contribution in [3.8, 4) is 0 Å². The SMILES string of the molecule is CC(C)(O)C(C)(O)CCCCCCCCCCCCO. The summed E-state index contributed by atoms with van der Waals surface area (Å²) in [5.41, 5.74) is -2.01. The predicted molar refractivity (Wildman–Crippen MR) is 84.8 cm³/mol. The molecular weight excluding hydrogens is 252 g/mol. The predicted octanol–water partition coefficient (Wildman–Crippen LogP) is 3.79. The second kappa shape index (κ2) is 10.6. The Bertz CT molecular complexity index is 219. The molecule has 0 amide bonds. The van der Waals surface area contributed by atoms with Gasteiger partial charge in [-0.15, -0.1) is 0 Å². The average molecular weight is 288 g/mol. The highest BCUT2D eigenvalue weighted by atomic mass is 16.3. The minimum absolute atomic E-state index is 0.328. The Labute approximate surface area is 125 Å². The van der Waals surface area contributed by atoms with E-state index in [0.29, 0.717) is 13.0 Å². The summed E-state index contributed by atoms with van der Waals surface area (Å²) >= 11 is 0. The fourth-order valence-corrected chi connectivity index (χ4v) is 2.30. The summed E-state index contributed by atoms with van der Waals surface area (Å²) in [6, 6.07) is 0. The topological polar surface area (TPSA) is 60.7 Å². The molecule has 3 N–H and O–H groups in total. The van der Waals surface area contributed by atoms with Crippen LogP contribution in [0.15, 0.2) is 0 Å². The van der Waals surface area contributed by atoms with Gasteiger partial charge in [-0.2, -0.15) is 0 Å². The van der Waals surface area contributed by atoms with Gasteiger partial charge in [0.25, 0.3) is 0 Å². The molecule has 0 bridgehead atoms. The normalized spacial score (nSPS) is 15.3. The molecule has 0 radical (unpaired) electrons. The molecule has 0 aromatic carbocycles. The van der Waals surface area contributed by atoms with Gasteiger partial charge in [-0.3, -0.25) is 0 Å². The van der Waals surface area contributed by atoms with Gasteiger partial charge in [-0.05, 0) is 33.6 Å². The molecule has 20 heavy (non-hydrogen) atoms. The van der Waals surface area contributed by atoms with Crippen LogP contribution < -0.4 is 0 Å². The fourth-order valence-electron chi connectivity index (χ4n) is 2.30. The number of hydrogen-bond donors (Lipinski definition) is 3. The first-order valence-electron chi connectivity index (χ1n) is 8.37. The minimum Gasteiger partial charge on any atom is -0.396 e. The van der Waals surface area contributed by atoms with E-state index in [4.69, 9.17) is 5.11 Å². The highest BCUT2D eigenvalue weighted by Crippen LogP contribution is 2.27. The Balaban J connectivity index is 3.33. The molecule has 0 saturated heterocycles. The zero-order valence-corrected chi connectivity index (χ0v) is 13.8. The van der Waals surface area contributed by atoms with Crippen LogP contribution in [0, 0.1) is 0 Å². The van der Waals surface area contributed by atoms with Crippen LogP contribution in [0.3, 0.4) is 0 Å². The Morgan fingerprint density at radius 3 is 1.30 bits per heavy atom. The van der Waals surface area contributed by atoms with Crippen LogP contribution in [0.4, 0.5) is 0 Å². The first-order chi connectivity index (χ1) is 9.31. The third-order valence-electron chi connectivity index (χ3n) is 4.39. The molecule has 0 aromatic heterocycles. The van der Waals surface area contributed by atoms with Crippen molar-refractivity contribution in [1.29, 1.82) is 0 Å². The summed E-state index contributed by atoms with van der Waals surface area (Å²) in [5.74, 6) is 0. The summed E-state index contributed by atoms with van der Waals surface area (Å²) < 4.78 is 0. The molecule has 1 unspecified atom stereocenters. The van der Waals surface area contributed by atoms with E-state index in [0.717, 1.165) is 25.7 Å². The van der Waals surface area contributed by atoms with Crippen LogP contribution >= 0.6 is 0 Å². The lowest BCUT2D eigenvalue weighted by atomic mass is 9.83. The fraction of sp³-hybridized carbons (Fsp3) is 1.00. The maximum absolute atomic E-state index is 10.1. The molecule has 0 heterocycles. The second-order valence-electron chi connectivity index (χ2n) is 6.84. The molecule has 3 nitrogen and oxygen atoms in total. The van der Waals surface area contributed by atoms with Gasteiger partial charge in [0, 0.05) is 6.61 Å². The summed E-state index contributed by atoms with van der Waals surface area (Å²) in [4.78, 5) is 0. The molecule has 3 heteroatoms. The van der Waals surface area contributed by atoms with Crippen LogP contribution in [0.25, 0.3) is 0 Å². The van der Waals surface area contributed by atoms with E-state index < -0.39 is 11.2 Å². The monoisotopic (exact) mass is 288 g/mol. The van der Waals surface area contributed by atoms with Crippen molar-refractivity contribution in [1.82, 2.24) is 0 Å². The molecule has 0 fully saturated rings.